The molecule has 0 aromatic heterocycles. The summed E-state index contributed by atoms with van der Waals surface area (Å²) in [6, 6.07) is 4.88. The molecule has 0 bridgehead atoms. The number of rotatable bonds is 6. The van der Waals surface area contributed by atoms with E-state index in [0.717, 1.165) is 12.1 Å². The number of hydrogen-bond acceptors (Lipinski definition) is 2. The molecule has 0 saturated carbocycles. The van der Waals surface area contributed by atoms with Crippen molar-refractivity contribution in [3.05, 3.63) is 35.4 Å². The van der Waals surface area contributed by atoms with E-state index in [9.17, 15) is 23.1 Å². The predicted octanol–water partition coefficient (Wildman–Crippen LogP) is 3.44. The van der Waals surface area contributed by atoms with E-state index in [1.165, 1.54) is 19.1 Å². The maximum absolute atomic E-state index is 12.6. The molecule has 0 fully saturated rings. The van der Waals surface area contributed by atoms with Gasteiger partial charge in [-0.15, -0.1) is 0 Å². The van der Waals surface area contributed by atoms with Gasteiger partial charge in [0, 0.05) is 6.54 Å². The van der Waals surface area contributed by atoms with E-state index in [4.69, 9.17) is 0 Å². The van der Waals surface area contributed by atoms with E-state index >= 15 is 0 Å². The largest absolute Gasteiger partial charge is 0.480 e. The molecular formula is C14H18F3NO2. The third-order valence-corrected chi connectivity index (χ3v) is 3.16. The highest BCUT2D eigenvalue weighted by atomic mass is 19.4. The molecule has 3 nitrogen and oxygen atoms in total. The Morgan fingerprint density at radius 1 is 1.35 bits per heavy atom. The highest BCUT2D eigenvalue weighted by Crippen LogP contribution is 2.29. The first-order valence-electron chi connectivity index (χ1n) is 6.33. The number of carboxylic acids is 1. The van der Waals surface area contributed by atoms with Gasteiger partial charge in [-0.05, 0) is 25.0 Å². The second-order valence-electron chi connectivity index (χ2n) is 4.94. The lowest BCUT2D eigenvalue weighted by atomic mass is 9.96. The molecular weight excluding hydrogens is 271 g/mol. The molecule has 0 aliphatic heterocycles. The fourth-order valence-corrected chi connectivity index (χ4v) is 1.93. The summed E-state index contributed by atoms with van der Waals surface area (Å²) in [5.41, 5.74) is -1.46. The van der Waals surface area contributed by atoms with Crippen LogP contribution in [0.15, 0.2) is 24.3 Å². The second-order valence-corrected chi connectivity index (χ2v) is 4.94. The van der Waals surface area contributed by atoms with E-state index in [1.54, 1.807) is 0 Å². The molecule has 2 N–H and O–H groups in total. The van der Waals surface area contributed by atoms with Crippen LogP contribution in [0.5, 0.6) is 0 Å². The fourth-order valence-electron chi connectivity index (χ4n) is 1.93. The van der Waals surface area contributed by atoms with Gasteiger partial charge in [-0.3, -0.25) is 10.1 Å². The summed E-state index contributed by atoms with van der Waals surface area (Å²) in [6.07, 6.45) is -3.32. The lowest BCUT2D eigenvalue weighted by Gasteiger charge is -2.26. The Bertz CT molecular complexity index is 474. The van der Waals surface area contributed by atoms with E-state index in [0.29, 0.717) is 18.4 Å². The molecule has 112 valence electrons. The van der Waals surface area contributed by atoms with Crippen molar-refractivity contribution < 1.29 is 23.1 Å². The summed E-state index contributed by atoms with van der Waals surface area (Å²) in [6.45, 7) is 3.46. The number of carbonyl (C=O) groups is 1. The number of nitrogens with one attached hydrogen (secondary N) is 1. The summed E-state index contributed by atoms with van der Waals surface area (Å²) in [7, 11) is 0. The monoisotopic (exact) mass is 289 g/mol. The highest BCUT2D eigenvalue weighted by Gasteiger charge is 2.32. The Labute approximate surface area is 115 Å². The van der Waals surface area contributed by atoms with Crippen molar-refractivity contribution in [2.45, 2.75) is 44.9 Å². The standard InChI is InChI=1S/C14H18F3NO2/c1-3-7-13(2,12(19)20)18-9-10-5-4-6-11(8-10)14(15,16)17/h4-6,8,18H,3,7,9H2,1-2H3,(H,19,20). The molecule has 1 rings (SSSR count). The molecule has 1 unspecified atom stereocenters. The lowest BCUT2D eigenvalue weighted by molar-refractivity contribution is -0.144. The van der Waals surface area contributed by atoms with Crippen LogP contribution in [0.3, 0.4) is 0 Å². The zero-order chi connectivity index (χ0) is 15.4. The van der Waals surface area contributed by atoms with E-state index < -0.39 is 23.2 Å². The second kappa shape index (κ2) is 6.26. The first-order valence-corrected chi connectivity index (χ1v) is 6.33. The van der Waals surface area contributed by atoms with Gasteiger partial charge in [-0.25, -0.2) is 0 Å². The zero-order valence-electron chi connectivity index (χ0n) is 11.4. The molecule has 0 amide bonds. The van der Waals surface area contributed by atoms with Gasteiger partial charge in [0.2, 0.25) is 0 Å². The molecule has 20 heavy (non-hydrogen) atoms. The van der Waals surface area contributed by atoms with Crippen molar-refractivity contribution in [3.8, 4) is 0 Å². The SMILES string of the molecule is CCCC(C)(NCc1cccc(C(F)(F)F)c1)C(=O)O. The van der Waals surface area contributed by atoms with Gasteiger partial charge in [-0.2, -0.15) is 13.2 Å². The van der Waals surface area contributed by atoms with E-state index in [2.05, 4.69) is 5.32 Å². The van der Waals surface area contributed by atoms with Crippen molar-refractivity contribution in [3.63, 3.8) is 0 Å². The number of hydrogen-bond donors (Lipinski definition) is 2. The Hall–Kier alpha value is -1.56. The minimum absolute atomic E-state index is 0.0761. The van der Waals surface area contributed by atoms with Crippen molar-refractivity contribution in [1.29, 1.82) is 0 Å². The van der Waals surface area contributed by atoms with Crippen molar-refractivity contribution in [2.75, 3.05) is 0 Å². The van der Waals surface area contributed by atoms with Gasteiger partial charge in [0.15, 0.2) is 0 Å². The van der Waals surface area contributed by atoms with Crippen LogP contribution >= 0.6 is 0 Å². The normalized spacial score (nSPS) is 14.8. The van der Waals surface area contributed by atoms with Gasteiger partial charge in [0.05, 0.1) is 5.56 Å². The predicted molar refractivity (Wildman–Crippen MR) is 69.2 cm³/mol. The maximum Gasteiger partial charge on any atom is 0.416 e. The van der Waals surface area contributed by atoms with Crippen LogP contribution in [0.25, 0.3) is 0 Å². The Balaban J connectivity index is 2.81. The summed E-state index contributed by atoms with van der Waals surface area (Å²) in [4.78, 5) is 11.2. The molecule has 1 atom stereocenters. The van der Waals surface area contributed by atoms with Crippen LogP contribution in [0.1, 0.15) is 37.8 Å². The summed E-state index contributed by atoms with van der Waals surface area (Å²) in [5.74, 6) is -1.01. The quantitative estimate of drug-likeness (QED) is 0.843. The molecule has 6 heteroatoms. The van der Waals surface area contributed by atoms with E-state index in [1.807, 2.05) is 6.92 Å². The van der Waals surface area contributed by atoms with Crippen LogP contribution in [0.2, 0.25) is 0 Å². The van der Waals surface area contributed by atoms with Gasteiger partial charge in [0.25, 0.3) is 0 Å². The van der Waals surface area contributed by atoms with Crippen LogP contribution in [0, 0.1) is 0 Å². The maximum atomic E-state index is 12.6. The molecule has 0 saturated heterocycles. The number of benzene rings is 1. The number of halogens is 3. The summed E-state index contributed by atoms with van der Waals surface area (Å²) in [5, 5.41) is 12.0. The minimum Gasteiger partial charge on any atom is -0.480 e. The third kappa shape index (κ3) is 4.23. The molecule has 1 aromatic rings. The Morgan fingerprint density at radius 3 is 2.50 bits per heavy atom. The molecule has 0 aliphatic rings. The molecule has 0 aliphatic carbocycles. The number of alkyl halides is 3. The number of aliphatic carboxylic acids is 1. The summed E-state index contributed by atoms with van der Waals surface area (Å²) < 4.78 is 37.7. The number of carboxylic acid groups (broad SMARTS) is 1. The van der Waals surface area contributed by atoms with Gasteiger partial charge >= 0.3 is 12.1 Å². The van der Waals surface area contributed by atoms with Gasteiger partial charge in [-0.1, -0.05) is 31.5 Å². The van der Waals surface area contributed by atoms with Crippen LogP contribution < -0.4 is 5.32 Å². The highest BCUT2D eigenvalue weighted by molar-refractivity contribution is 5.78. The molecule has 0 radical (unpaired) electrons. The van der Waals surface area contributed by atoms with Gasteiger partial charge < -0.3 is 5.11 Å². The third-order valence-electron chi connectivity index (χ3n) is 3.16. The summed E-state index contributed by atoms with van der Waals surface area (Å²) >= 11 is 0. The van der Waals surface area contributed by atoms with Crippen molar-refractivity contribution in [1.82, 2.24) is 5.32 Å². The Morgan fingerprint density at radius 2 is 2.00 bits per heavy atom. The van der Waals surface area contributed by atoms with Crippen LogP contribution in [-0.2, 0) is 17.5 Å². The first-order chi connectivity index (χ1) is 9.19. The average Bonchev–Trinajstić information content (AvgIpc) is 2.36. The zero-order valence-corrected chi connectivity index (χ0v) is 11.4. The fraction of sp³-hybridized carbons (Fsp3) is 0.500. The van der Waals surface area contributed by atoms with Crippen LogP contribution in [0.4, 0.5) is 13.2 Å². The smallest absolute Gasteiger partial charge is 0.416 e. The van der Waals surface area contributed by atoms with Crippen molar-refractivity contribution >= 4 is 5.97 Å². The molecule has 0 heterocycles. The minimum atomic E-state index is -4.39. The lowest BCUT2D eigenvalue weighted by Crippen LogP contribution is -2.48. The van der Waals surface area contributed by atoms with Crippen molar-refractivity contribution in [2.24, 2.45) is 0 Å². The van der Waals surface area contributed by atoms with Crippen LogP contribution in [-0.4, -0.2) is 16.6 Å². The van der Waals surface area contributed by atoms with E-state index in [-0.39, 0.29) is 6.54 Å². The topological polar surface area (TPSA) is 49.3 Å². The first kappa shape index (κ1) is 16.5. The van der Waals surface area contributed by atoms with Gasteiger partial charge in [0.1, 0.15) is 5.54 Å². The molecule has 1 aromatic carbocycles. The molecule has 0 spiro atoms. The average molecular weight is 289 g/mol. The Kier molecular flexibility index (Phi) is 5.16.